The number of halogens is 16. The Labute approximate surface area is 580 Å². The number of benzene rings is 3. The summed E-state index contributed by atoms with van der Waals surface area (Å²) in [6.07, 6.45) is 0. The van der Waals surface area contributed by atoms with E-state index in [9.17, 15) is 62.7 Å². The molecule has 9 aliphatic rings. The molecule has 520 valence electrons. The number of carbonyl (C=O) groups excluding carboxylic acids is 3. The number of rotatable bonds is 7. The van der Waals surface area contributed by atoms with E-state index in [2.05, 4.69) is 15.9 Å². The Morgan fingerprint density at radius 3 is 0.670 bits per heavy atom. The first-order chi connectivity index (χ1) is 47.8. The molecular formula is C63H30BrF15O15S6. The number of hydrogen-bond donors (Lipinski definition) is 0. The van der Waals surface area contributed by atoms with Crippen molar-refractivity contribution in [2.45, 2.75) is 34.7 Å². The van der Waals surface area contributed by atoms with Gasteiger partial charge in [0.2, 0.25) is 34.8 Å². The number of ketones is 3. The Morgan fingerprint density at radius 2 is 0.440 bits per heavy atom. The van der Waals surface area contributed by atoms with Crippen LogP contribution in [0.3, 0.4) is 0 Å². The third-order valence-corrected chi connectivity index (χ3v) is 25.8. The molecule has 6 aliphatic heterocycles. The summed E-state index contributed by atoms with van der Waals surface area (Å²) in [5.74, 6) is -49.6. The third kappa shape index (κ3) is 8.71. The Bertz CT molecular complexity index is 4810. The highest BCUT2D eigenvalue weighted by Gasteiger charge is 2.71. The normalized spacial score (nSPS) is 25.8. The fourth-order valence-electron chi connectivity index (χ4n) is 13.8. The molecule has 6 saturated heterocycles. The van der Waals surface area contributed by atoms with Crippen molar-refractivity contribution in [3.8, 4) is 39.0 Å². The van der Waals surface area contributed by atoms with Gasteiger partial charge in [-0.15, -0.1) is 68.0 Å². The lowest BCUT2D eigenvalue weighted by molar-refractivity contribution is -0.483. The third-order valence-electron chi connectivity index (χ3n) is 17.8. The van der Waals surface area contributed by atoms with Gasteiger partial charge in [-0.05, 0) is 52.3 Å². The van der Waals surface area contributed by atoms with E-state index >= 15 is 17.6 Å². The molecule has 18 rings (SSSR count). The molecule has 0 spiro atoms. The van der Waals surface area contributed by atoms with Gasteiger partial charge in [-0.3, -0.25) is 14.4 Å². The Balaban J connectivity index is 0.000000184. The van der Waals surface area contributed by atoms with Gasteiger partial charge in [0.25, 0.3) is 34.7 Å². The minimum absolute atomic E-state index is 0.0225. The van der Waals surface area contributed by atoms with Gasteiger partial charge >= 0.3 is 0 Å². The van der Waals surface area contributed by atoms with Crippen molar-refractivity contribution in [1.82, 2.24) is 0 Å². The lowest BCUT2D eigenvalue weighted by Crippen LogP contribution is -2.63. The van der Waals surface area contributed by atoms with Gasteiger partial charge in [-0.25, -0.2) is 65.9 Å². The van der Waals surface area contributed by atoms with Crippen LogP contribution in [-0.2, 0) is 91.6 Å². The van der Waals surface area contributed by atoms with E-state index < -0.39 is 166 Å². The first kappa shape index (κ1) is 67.0. The van der Waals surface area contributed by atoms with Crippen molar-refractivity contribution in [1.29, 1.82) is 0 Å². The van der Waals surface area contributed by atoms with Crippen molar-refractivity contribution in [2.75, 3.05) is 79.3 Å². The molecule has 0 bridgehead atoms. The van der Waals surface area contributed by atoms with Crippen LogP contribution in [-0.4, -0.2) is 96.6 Å². The smallest absolute Gasteiger partial charge is 0.257 e. The van der Waals surface area contributed by atoms with Gasteiger partial charge in [0, 0.05) is 43.1 Å². The lowest BCUT2D eigenvalue weighted by atomic mass is 9.82. The van der Waals surface area contributed by atoms with Gasteiger partial charge in [-0.2, -0.15) is 0 Å². The van der Waals surface area contributed by atoms with Crippen LogP contribution in [0, 0.1) is 87.3 Å². The highest BCUT2D eigenvalue weighted by molar-refractivity contribution is 9.11. The molecule has 100 heavy (non-hydrogen) atoms. The van der Waals surface area contributed by atoms with Crippen LogP contribution in [0.5, 0.6) is 0 Å². The summed E-state index contributed by atoms with van der Waals surface area (Å²) in [6, 6.07) is 8.78. The topological polar surface area (TPSA) is 162 Å². The second-order valence-electron chi connectivity index (χ2n) is 22.8. The molecule has 0 atom stereocenters. The fourth-order valence-corrected chi connectivity index (χ4v) is 21.8. The van der Waals surface area contributed by atoms with Crippen LogP contribution in [0.25, 0.3) is 39.0 Å². The van der Waals surface area contributed by atoms with Gasteiger partial charge in [0.05, 0.1) is 127 Å². The van der Waals surface area contributed by atoms with Crippen LogP contribution in [0.1, 0.15) is 79.1 Å². The Morgan fingerprint density at radius 1 is 0.260 bits per heavy atom. The minimum atomic E-state index is -2.44. The largest absolute Gasteiger partial charge is 0.339 e. The van der Waals surface area contributed by atoms with Crippen LogP contribution in [0.2, 0.25) is 0 Å². The van der Waals surface area contributed by atoms with E-state index in [1.54, 1.807) is 18.2 Å². The number of thiophene rings is 6. The van der Waals surface area contributed by atoms with Crippen LogP contribution in [0.4, 0.5) is 65.9 Å². The Hall–Kier alpha value is -6.18. The predicted molar refractivity (Wildman–Crippen MR) is 320 cm³/mol. The van der Waals surface area contributed by atoms with Crippen molar-refractivity contribution >= 4 is 101 Å². The molecule has 9 aromatic rings. The number of ether oxygens (including phenoxy) is 12. The second kappa shape index (κ2) is 23.4. The SMILES string of the molecule is O=C(c1cc2c(s1)-c1sc(-c3cc4c(s3)-c3sc(C(=O)c5c(F)c(F)c(F)c(F)c5F)cc3C35OCCOC43OCCO5)cc1C13OCCOC21OCCO3)c1c(F)c(F)c(F)c(F)c1F.O=C(c1cc2c(s1)-c1sc(Br)cc1C13OCCOC21OCCO3)c1c(F)c(F)c(F)c(F)c1F. The van der Waals surface area contributed by atoms with Crippen LogP contribution in [0.15, 0.2) is 40.2 Å². The lowest BCUT2D eigenvalue weighted by Gasteiger charge is -2.55. The van der Waals surface area contributed by atoms with Crippen molar-refractivity contribution in [3.63, 3.8) is 0 Å². The first-order valence-electron chi connectivity index (χ1n) is 29.2. The zero-order valence-electron chi connectivity index (χ0n) is 49.1. The zero-order chi connectivity index (χ0) is 70.0. The van der Waals surface area contributed by atoms with Gasteiger partial charge in [0.15, 0.2) is 69.8 Å². The summed E-state index contributed by atoms with van der Waals surface area (Å²) in [6.45, 7) is 0.307. The molecule has 0 N–H and O–H groups in total. The average molecular weight is 1580 g/mol. The molecule has 6 aromatic heterocycles. The molecule has 15 nitrogen and oxygen atoms in total. The van der Waals surface area contributed by atoms with E-state index in [0.717, 1.165) is 34.0 Å². The standard InChI is InChI=1S/C42H20F10O10S4.C21H10BrF5O5S2/c43-23-21(24(44)28(48)31(51)27(23)47)33(53)19-11-15-37(65-19)35-13(39-41(15,59-5-1-55-39)60-6-2-56-39)9-17(63-35)18-10-14-36(64-18)38-16(42-40(14,57-3-7-61-42)58-4-8-62-42)12-20(66-38)34(54)22-25(45)29(49)32(52)30(50)26(22)46;22-10-6-8-19(34-10)18-7(20-21(8,31-3-1-29-20)32-4-2-30-20)5-9(33-18)17(28)11-12(23)14(25)16(27)15(26)13(11)24/h9-12H,1-8H2;5-6H,1-4H2. The maximum absolute atomic E-state index is 15.0. The van der Waals surface area contributed by atoms with Crippen molar-refractivity contribution in [3.05, 3.63) is 192 Å². The quantitative estimate of drug-likeness (QED) is 0.0641. The number of carbonyl (C=O) groups is 3. The molecule has 3 aliphatic carbocycles. The maximum atomic E-state index is 15.0. The highest BCUT2D eigenvalue weighted by Crippen LogP contribution is 2.68. The van der Waals surface area contributed by atoms with E-state index in [0.29, 0.717) is 78.0 Å². The van der Waals surface area contributed by atoms with E-state index in [1.165, 1.54) is 29.5 Å². The monoisotopic (exact) mass is 1580 g/mol. The molecule has 3 aromatic carbocycles. The summed E-state index contributed by atoms with van der Waals surface area (Å²) in [5, 5.41) is 0. The van der Waals surface area contributed by atoms with Crippen LogP contribution >= 0.6 is 84.0 Å². The van der Waals surface area contributed by atoms with E-state index in [4.69, 9.17) is 56.8 Å². The van der Waals surface area contributed by atoms with E-state index in [-0.39, 0.29) is 105 Å². The molecule has 0 saturated carbocycles. The predicted octanol–water partition coefficient (Wildman–Crippen LogP) is 15.2. The summed E-state index contributed by atoms with van der Waals surface area (Å²) in [4.78, 5) is 42.9. The molecule has 37 heteroatoms. The van der Waals surface area contributed by atoms with Crippen LogP contribution < -0.4 is 0 Å². The number of fused-ring (bicyclic) bond motifs is 9. The van der Waals surface area contributed by atoms with Gasteiger partial charge in [-0.1, -0.05) is 0 Å². The van der Waals surface area contributed by atoms with E-state index in [1.807, 2.05) is 0 Å². The Kier molecular flexibility index (Phi) is 15.7. The molecule has 0 radical (unpaired) electrons. The average Bonchev–Trinajstić information content (AvgIpc) is 1.45. The molecular weight excluding hydrogens is 1550 g/mol. The molecule has 0 unspecified atom stereocenters. The summed E-state index contributed by atoms with van der Waals surface area (Å²) >= 11 is 9.15. The van der Waals surface area contributed by atoms with Gasteiger partial charge < -0.3 is 56.8 Å². The summed E-state index contributed by atoms with van der Waals surface area (Å²) in [5.41, 5.74) is -3.11. The second-order valence-corrected chi connectivity index (χ2v) is 30.5. The maximum Gasteiger partial charge on any atom is 0.257 e. The molecule has 6 fully saturated rings. The van der Waals surface area contributed by atoms with Crippen molar-refractivity contribution in [2.24, 2.45) is 0 Å². The molecule has 12 heterocycles. The van der Waals surface area contributed by atoms with Crippen molar-refractivity contribution < 1.29 is 137 Å². The fraction of sp³-hybridized carbons (Fsp3) is 0.286. The number of hydrogen-bond acceptors (Lipinski definition) is 21. The first-order valence-corrected chi connectivity index (χ1v) is 34.9. The minimum Gasteiger partial charge on any atom is -0.339 e. The highest BCUT2D eigenvalue weighted by atomic mass is 79.9. The summed E-state index contributed by atoms with van der Waals surface area (Å²) in [7, 11) is 0. The van der Waals surface area contributed by atoms with Gasteiger partial charge in [0.1, 0.15) is 16.7 Å². The molecule has 0 amide bonds. The summed E-state index contributed by atoms with van der Waals surface area (Å²) < 4.78 is 291. The zero-order valence-corrected chi connectivity index (χ0v) is 55.6.